The summed E-state index contributed by atoms with van der Waals surface area (Å²) < 4.78 is 5.73. The van der Waals surface area contributed by atoms with Gasteiger partial charge in [-0.3, -0.25) is 14.4 Å². The molecular weight excluding hydrogens is 560 g/mol. The highest BCUT2D eigenvalue weighted by Gasteiger charge is 2.19. The van der Waals surface area contributed by atoms with Gasteiger partial charge in [0.2, 0.25) is 11.8 Å². The molecule has 9 nitrogen and oxygen atoms in total. The number of carbonyl (C=O) groups excluding carboxylic acids is 3. The molecule has 0 rings (SSSR count). The van der Waals surface area contributed by atoms with Crippen molar-refractivity contribution in [1.82, 2.24) is 10.6 Å². The Morgan fingerprint density at radius 1 is 0.705 bits per heavy atom. The molecule has 0 spiro atoms. The van der Waals surface area contributed by atoms with Gasteiger partial charge in [0.25, 0.3) is 0 Å². The van der Waals surface area contributed by atoms with Crippen LogP contribution in [0.5, 0.6) is 0 Å². The highest BCUT2D eigenvalue weighted by Crippen LogP contribution is 2.16. The molecule has 0 heterocycles. The van der Waals surface area contributed by atoms with Gasteiger partial charge in [0, 0.05) is 12.8 Å². The van der Waals surface area contributed by atoms with Crippen molar-refractivity contribution >= 4 is 23.8 Å². The lowest BCUT2D eigenvalue weighted by Gasteiger charge is -2.17. The van der Waals surface area contributed by atoms with E-state index in [2.05, 4.69) is 60.9 Å². The van der Waals surface area contributed by atoms with Crippen molar-refractivity contribution in [1.29, 1.82) is 0 Å². The Morgan fingerprint density at radius 3 is 1.93 bits per heavy atom. The average Bonchev–Trinajstić information content (AvgIpc) is 3.00. The van der Waals surface area contributed by atoms with Crippen LogP contribution in [0.1, 0.15) is 136 Å². The van der Waals surface area contributed by atoms with E-state index in [1.54, 1.807) is 0 Å². The van der Waals surface area contributed by atoms with Crippen LogP contribution in [0.15, 0.2) is 36.5 Å². The van der Waals surface area contributed by atoms with Crippen molar-refractivity contribution in [3.63, 3.8) is 0 Å². The molecule has 4 N–H and O–H groups in total. The number of amides is 2. The van der Waals surface area contributed by atoms with Gasteiger partial charge in [0.05, 0.1) is 13.2 Å². The zero-order valence-electron chi connectivity index (χ0n) is 27.4. The molecule has 2 unspecified atom stereocenters. The molecule has 0 aliphatic carbocycles. The number of rotatable bonds is 29. The summed E-state index contributed by atoms with van der Waals surface area (Å²) in [6.45, 7) is 3.16. The predicted octanol–water partition coefficient (Wildman–Crippen LogP) is 6.70. The quantitative estimate of drug-likeness (QED) is 0.0414. The summed E-state index contributed by atoms with van der Waals surface area (Å²) in [5.41, 5.74) is 0. The van der Waals surface area contributed by atoms with E-state index in [1.165, 1.54) is 25.7 Å². The number of aliphatic hydroxyl groups is 1. The number of nitrogens with one attached hydrogen (secondary N) is 2. The Balaban J connectivity index is 3.82. The molecule has 0 aromatic heterocycles. The maximum absolute atomic E-state index is 12.3. The number of aliphatic hydroxyl groups excluding tert-OH is 1. The number of carboxylic acid groups (broad SMARTS) is 1. The van der Waals surface area contributed by atoms with Crippen LogP contribution < -0.4 is 10.6 Å². The van der Waals surface area contributed by atoms with Crippen molar-refractivity contribution < 1.29 is 34.1 Å². The van der Waals surface area contributed by atoms with E-state index in [0.29, 0.717) is 12.8 Å². The Bertz CT molecular complexity index is 854. The maximum atomic E-state index is 12.3. The topological polar surface area (TPSA) is 142 Å². The van der Waals surface area contributed by atoms with Gasteiger partial charge in [-0.1, -0.05) is 95.2 Å². The summed E-state index contributed by atoms with van der Waals surface area (Å²) in [5, 5.41) is 22.3. The van der Waals surface area contributed by atoms with E-state index in [-0.39, 0.29) is 30.9 Å². The molecule has 252 valence electrons. The fraction of sp³-hybridized carbons (Fsp3) is 0.714. The smallest absolute Gasteiger partial charge is 0.328 e. The molecule has 0 saturated carbocycles. The minimum absolute atomic E-state index is 0.0910. The standard InChI is InChI=1S/C35H60N2O7/c1-3-5-6-7-8-9-10-11-12-13-14-15-16-17-18-19-23-27-34(41)44-30(24-4-2)25-21-20-22-26-32(39)36-28-33(40)37-31(29-38)35(42)43/h5-6,8-9,11-12,30-31,38H,3-4,7,10,13-29H2,1-2H3,(H,36,39)(H,37,40)(H,42,43)/b6-5-,9-8-,12-11-. The Labute approximate surface area is 266 Å². The van der Waals surface area contributed by atoms with Gasteiger partial charge in [-0.05, 0) is 64.2 Å². The van der Waals surface area contributed by atoms with E-state index in [9.17, 15) is 19.2 Å². The molecule has 0 aromatic rings. The molecule has 0 saturated heterocycles. The van der Waals surface area contributed by atoms with E-state index < -0.39 is 24.5 Å². The third kappa shape index (κ3) is 26.7. The molecule has 0 bridgehead atoms. The summed E-state index contributed by atoms with van der Waals surface area (Å²) in [5.74, 6) is -2.43. The molecular formula is C35H60N2O7. The number of carbonyl (C=O) groups is 4. The summed E-state index contributed by atoms with van der Waals surface area (Å²) in [6.07, 6.45) is 31.1. The summed E-state index contributed by atoms with van der Waals surface area (Å²) in [6, 6.07) is -1.39. The predicted molar refractivity (Wildman–Crippen MR) is 176 cm³/mol. The van der Waals surface area contributed by atoms with Crippen molar-refractivity contribution in [2.45, 2.75) is 148 Å². The largest absolute Gasteiger partial charge is 0.480 e. The third-order valence-corrected chi connectivity index (χ3v) is 7.13. The fourth-order valence-corrected chi connectivity index (χ4v) is 4.60. The lowest BCUT2D eigenvalue weighted by atomic mass is 10.0. The molecule has 2 amide bonds. The van der Waals surface area contributed by atoms with E-state index in [0.717, 1.165) is 77.0 Å². The van der Waals surface area contributed by atoms with Gasteiger partial charge in [-0.2, -0.15) is 0 Å². The molecule has 44 heavy (non-hydrogen) atoms. The van der Waals surface area contributed by atoms with Crippen molar-refractivity contribution in [2.24, 2.45) is 0 Å². The van der Waals surface area contributed by atoms with Crippen LogP contribution in [0.4, 0.5) is 0 Å². The second kappa shape index (κ2) is 30.1. The van der Waals surface area contributed by atoms with Crippen LogP contribution >= 0.6 is 0 Å². The minimum atomic E-state index is -1.39. The number of esters is 1. The molecule has 0 aliphatic rings. The van der Waals surface area contributed by atoms with E-state index in [1.807, 2.05) is 0 Å². The van der Waals surface area contributed by atoms with Gasteiger partial charge in [0.1, 0.15) is 12.1 Å². The first-order valence-electron chi connectivity index (χ1n) is 16.9. The van der Waals surface area contributed by atoms with Gasteiger partial charge >= 0.3 is 11.9 Å². The van der Waals surface area contributed by atoms with Crippen molar-refractivity contribution in [2.75, 3.05) is 13.2 Å². The number of hydrogen-bond donors (Lipinski definition) is 4. The first-order valence-corrected chi connectivity index (χ1v) is 16.9. The van der Waals surface area contributed by atoms with Crippen molar-refractivity contribution in [3.8, 4) is 0 Å². The van der Waals surface area contributed by atoms with Crippen molar-refractivity contribution in [3.05, 3.63) is 36.5 Å². The van der Waals surface area contributed by atoms with Crippen LogP contribution in [0.25, 0.3) is 0 Å². The molecule has 2 atom stereocenters. The molecule has 0 radical (unpaired) electrons. The number of ether oxygens (including phenoxy) is 1. The zero-order valence-corrected chi connectivity index (χ0v) is 27.4. The van der Waals surface area contributed by atoms with Crippen LogP contribution in [0.3, 0.4) is 0 Å². The number of carboxylic acids is 1. The SMILES string of the molecule is CC/C=C\C/C=C\C/C=C\CCCCCCCCCC(=O)OC(CCC)CCCCCC(=O)NCC(=O)NC(CO)C(=O)O. The molecule has 9 heteroatoms. The number of unbranched alkanes of at least 4 members (excludes halogenated alkanes) is 9. The first-order chi connectivity index (χ1) is 21.3. The van der Waals surface area contributed by atoms with E-state index >= 15 is 0 Å². The molecule has 0 aromatic carbocycles. The first kappa shape index (κ1) is 41.1. The van der Waals surface area contributed by atoms with E-state index in [4.69, 9.17) is 14.9 Å². The minimum Gasteiger partial charge on any atom is -0.480 e. The highest BCUT2D eigenvalue weighted by atomic mass is 16.5. The second-order valence-corrected chi connectivity index (χ2v) is 11.2. The average molecular weight is 621 g/mol. The Hall–Kier alpha value is -2.94. The Kier molecular flexibility index (Phi) is 28.1. The van der Waals surface area contributed by atoms with Crippen LogP contribution in [-0.4, -0.2) is 59.3 Å². The third-order valence-electron chi connectivity index (χ3n) is 7.13. The van der Waals surface area contributed by atoms with Gasteiger partial charge in [-0.25, -0.2) is 4.79 Å². The molecule has 0 fully saturated rings. The fourth-order valence-electron chi connectivity index (χ4n) is 4.60. The summed E-state index contributed by atoms with van der Waals surface area (Å²) in [7, 11) is 0. The van der Waals surface area contributed by atoms with Crippen LogP contribution in [-0.2, 0) is 23.9 Å². The number of hydrogen-bond acceptors (Lipinski definition) is 6. The van der Waals surface area contributed by atoms with Gasteiger partial charge in [-0.15, -0.1) is 0 Å². The second-order valence-electron chi connectivity index (χ2n) is 11.2. The summed E-state index contributed by atoms with van der Waals surface area (Å²) in [4.78, 5) is 46.8. The number of aliphatic carboxylic acids is 1. The van der Waals surface area contributed by atoms with Gasteiger partial charge < -0.3 is 25.6 Å². The monoisotopic (exact) mass is 620 g/mol. The normalized spacial score (nSPS) is 13.0. The lowest BCUT2D eigenvalue weighted by molar-refractivity contribution is -0.150. The lowest BCUT2D eigenvalue weighted by Crippen LogP contribution is -2.47. The Morgan fingerprint density at radius 2 is 1.30 bits per heavy atom. The van der Waals surface area contributed by atoms with Crippen LogP contribution in [0.2, 0.25) is 0 Å². The maximum Gasteiger partial charge on any atom is 0.328 e. The highest BCUT2D eigenvalue weighted by molar-refractivity contribution is 5.87. The van der Waals surface area contributed by atoms with Gasteiger partial charge in [0.15, 0.2) is 0 Å². The van der Waals surface area contributed by atoms with Crippen LogP contribution in [0, 0.1) is 0 Å². The molecule has 0 aliphatic heterocycles. The zero-order chi connectivity index (χ0) is 32.7. The summed E-state index contributed by atoms with van der Waals surface area (Å²) >= 11 is 0. The number of allylic oxidation sites excluding steroid dienone is 6.